The van der Waals surface area contributed by atoms with Crippen molar-refractivity contribution in [2.45, 2.75) is 43.7 Å². The molecule has 0 saturated carbocycles. The topological polar surface area (TPSA) is 172 Å². The maximum atomic E-state index is 13.9. The second-order valence-corrected chi connectivity index (χ2v) is 14.2. The van der Waals surface area contributed by atoms with Gasteiger partial charge in [0, 0.05) is 47.5 Å². The number of carbonyl (C=O) groups excluding carboxylic acids is 2. The van der Waals surface area contributed by atoms with Gasteiger partial charge in [0.15, 0.2) is 11.4 Å². The van der Waals surface area contributed by atoms with Gasteiger partial charge in [-0.25, -0.2) is 13.4 Å². The Morgan fingerprint density at radius 3 is 2.50 bits per heavy atom. The fourth-order valence-corrected chi connectivity index (χ4v) is 8.13. The van der Waals surface area contributed by atoms with Crippen LogP contribution in [0.4, 0.5) is 0 Å². The van der Waals surface area contributed by atoms with E-state index in [1.54, 1.807) is 36.4 Å². The Bertz CT molecular complexity index is 1960. The highest BCUT2D eigenvalue weighted by molar-refractivity contribution is 9.10. The van der Waals surface area contributed by atoms with Gasteiger partial charge in [0.25, 0.3) is 5.91 Å². The molecule has 2 amide bonds. The lowest BCUT2D eigenvalue weighted by molar-refractivity contribution is -0.124. The molecule has 0 bridgehead atoms. The zero-order valence-electron chi connectivity index (χ0n) is 25.6. The molecule has 2 aromatic heterocycles. The van der Waals surface area contributed by atoms with E-state index in [1.807, 2.05) is 17.5 Å². The number of hydrogen-bond donors (Lipinski definition) is 4. The number of benzene rings is 2. The molecular formula is C31H33BrCl3N7O5S. The molecule has 1 fully saturated rings. The number of nitrogens with zero attached hydrogens (tertiary/aromatic N) is 3. The van der Waals surface area contributed by atoms with E-state index in [0.717, 1.165) is 10.3 Å². The molecule has 1 aliphatic rings. The molecule has 1 saturated heterocycles. The molecule has 2 aromatic carbocycles. The van der Waals surface area contributed by atoms with Gasteiger partial charge in [0.2, 0.25) is 15.9 Å². The van der Waals surface area contributed by atoms with Crippen LogP contribution in [0.2, 0.25) is 10.0 Å². The number of ether oxygens (including phenoxy) is 1. The summed E-state index contributed by atoms with van der Waals surface area (Å²) in [6.07, 6.45) is 3.11. The van der Waals surface area contributed by atoms with Gasteiger partial charge in [-0.15, -0.1) is 12.4 Å². The second kappa shape index (κ2) is 15.9. The van der Waals surface area contributed by atoms with Gasteiger partial charge in [-0.1, -0.05) is 35.3 Å². The SMILES string of the molecule is Cc1nc2c(OCc3c(Cl)ccc(S(=O)(=O)N4CCC[C@H]4C(=O)NCCCNC(=O)c4ccc(C(=N)N)cc4)c3Cl)cccn2c1Br.Cl. The molecule has 1 aliphatic heterocycles. The summed E-state index contributed by atoms with van der Waals surface area (Å²) in [7, 11) is -4.18. The lowest BCUT2D eigenvalue weighted by Crippen LogP contribution is -2.46. The van der Waals surface area contributed by atoms with Crippen LogP contribution in [0.5, 0.6) is 5.75 Å². The average molecular weight is 802 g/mol. The molecule has 5 rings (SSSR count). The van der Waals surface area contributed by atoms with E-state index < -0.39 is 22.0 Å². The Morgan fingerprint density at radius 1 is 1.10 bits per heavy atom. The van der Waals surface area contributed by atoms with Crippen LogP contribution in [0.15, 0.2) is 64.2 Å². The lowest BCUT2D eigenvalue weighted by Gasteiger charge is -2.24. The van der Waals surface area contributed by atoms with E-state index in [4.69, 9.17) is 39.1 Å². The number of hydrogen-bond acceptors (Lipinski definition) is 7. The summed E-state index contributed by atoms with van der Waals surface area (Å²) >= 11 is 16.6. The van der Waals surface area contributed by atoms with E-state index >= 15 is 0 Å². The predicted molar refractivity (Wildman–Crippen MR) is 190 cm³/mol. The number of fused-ring (bicyclic) bond motifs is 1. The van der Waals surface area contributed by atoms with E-state index in [-0.39, 0.29) is 70.9 Å². The zero-order valence-corrected chi connectivity index (χ0v) is 30.4. The fraction of sp³-hybridized carbons (Fsp3) is 0.290. The third-order valence-corrected chi connectivity index (χ3v) is 11.5. The van der Waals surface area contributed by atoms with Gasteiger partial charge in [0.1, 0.15) is 28.0 Å². The number of nitrogen functional groups attached to an aromatic ring is 1. The quantitative estimate of drug-likeness (QED) is 0.0879. The summed E-state index contributed by atoms with van der Waals surface area (Å²) in [6, 6.07) is 11.7. The number of sulfonamides is 1. The summed E-state index contributed by atoms with van der Waals surface area (Å²) in [4.78, 5) is 29.9. The molecule has 3 heterocycles. The minimum absolute atomic E-state index is 0. The lowest BCUT2D eigenvalue weighted by atomic mass is 10.1. The average Bonchev–Trinajstić information content (AvgIpc) is 3.66. The van der Waals surface area contributed by atoms with Crippen LogP contribution in [0.25, 0.3) is 5.65 Å². The van der Waals surface area contributed by atoms with Crippen LogP contribution in [0.1, 0.15) is 46.4 Å². The summed E-state index contributed by atoms with van der Waals surface area (Å²) in [6.45, 7) is 2.41. The maximum Gasteiger partial charge on any atom is 0.251 e. The Hall–Kier alpha value is -3.40. The number of aromatic nitrogens is 2. The first-order valence-corrected chi connectivity index (χ1v) is 17.6. The number of pyridine rings is 1. The third-order valence-electron chi connectivity index (χ3n) is 7.73. The predicted octanol–water partition coefficient (Wildman–Crippen LogP) is 5.09. The Morgan fingerprint density at radius 2 is 1.79 bits per heavy atom. The number of rotatable bonds is 12. The van der Waals surface area contributed by atoms with Gasteiger partial charge in [-0.05, 0) is 78.5 Å². The Labute approximate surface area is 302 Å². The highest BCUT2D eigenvalue weighted by Gasteiger charge is 2.40. The van der Waals surface area contributed by atoms with Gasteiger partial charge < -0.3 is 21.1 Å². The maximum absolute atomic E-state index is 13.9. The molecule has 0 spiro atoms. The van der Waals surface area contributed by atoms with Gasteiger partial charge >= 0.3 is 0 Å². The number of imidazole rings is 1. The van der Waals surface area contributed by atoms with Crippen molar-refractivity contribution in [2.75, 3.05) is 19.6 Å². The molecule has 5 N–H and O–H groups in total. The van der Waals surface area contributed by atoms with Crippen molar-refractivity contribution in [3.05, 3.63) is 91.8 Å². The first-order valence-electron chi connectivity index (χ1n) is 14.6. The van der Waals surface area contributed by atoms with Crippen molar-refractivity contribution in [3.63, 3.8) is 0 Å². The molecular weight excluding hydrogens is 769 g/mol. The summed E-state index contributed by atoms with van der Waals surface area (Å²) < 4.78 is 37.5. The van der Waals surface area contributed by atoms with Crippen molar-refractivity contribution in [1.29, 1.82) is 5.41 Å². The van der Waals surface area contributed by atoms with Crippen molar-refractivity contribution < 1.29 is 22.7 Å². The normalized spacial score (nSPS) is 14.8. The monoisotopic (exact) mass is 799 g/mol. The van der Waals surface area contributed by atoms with E-state index in [2.05, 4.69) is 31.5 Å². The third kappa shape index (κ3) is 7.90. The molecule has 12 nitrogen and oxygen atoms in total. The van der Waals surface area contributed by atoms with Crippen LogP contribution >= 0.6 is 51.5 Å². The first-order chi connectivity index (χ1) is 22.4. The second-order valence-electron chi connectivity index (χ2n) is 10.8. The molecule has 0 aliphatic carbocycles. The van der Waals surface area contributed by atoms with E-state index in [0.29, 0.717) is 41.8 Å². The number of amides is 2. The number of amidine groups is 1. The van der Waals surface area contributed by atoms with E-state index in [9.17, 15) is 18.0 Å². The van der Waals surface area contributed by atoms with Crippen LogP contribution in [-0.4, -0.2) is 65.4 Å². The number of nitrogens with two attached hydrogens (primary N) is 1. The van der Waals surface area contributed by atoms with E-state index in [1.165, 1.54) is 16.4 Å². The largest absolute Gasteiger partial charge is 0.485 e. The molecule has 48 heavy (non-hydrogen) atoms. The standard InChI is InChI=1S/C31H32BrCl2N7O5S.ClH/c1-18-27(32)40-15-3-6-24(29(40)39-18)46-17-21-22(33)11-12-25(26(21)34)47(44,45)41-16-2-5-23(41)31(43)38-14-4-13-37-30(42)20-9-7-19(8-10-20)28(35)36;/h3,6-12,15,23H,2,4-5,13-14,16-17H2,1H3,(H3,35,36)(H,37,42)(H,38,43);1H/t23-;/m0./s1. The first kappa shape index (κ1) is 37.4. The van der Waals surface area contributed by atoms with Crippen LogP contribution in [-0.2, 0) is 21.4 Å². The Kier molecular flexibility index (Phi) is 12.4. The molecule has 17 heteroatoms. The van der Waals surface area contributed by atoms with Gasteiger partial charge in [0.05, 0.1) is 10.7 Å². The summed E-state index contributed by atoms with van der Waals surface area (Å²) in [5, 5.41) is 13.1. The smallest absolute Gasteiger partial charge is 0.251 e. The van der Waals surface area contributed by atoms with Crippen molar-refractivity contribution in [2.24, 2.45) is 5.73 Å². The highest BCUT2D eigenvalue weighted by Crippen LogP contribution is 2.36. The van der Waals surface area contributed by atoms with Gasteiger partial charge in [-0.3, -0.25) is 19.4 Å². The molecule has 256 valence electrons. The fourth-order valence-electron chi connectivity index (χ4n) is 5.24. The molecule has 0 unspecified atom stereocenters. The number of aryl methyl sites for hydroxylation is 1. The molecule has 4 aromatic rings. The summed E-state index contributed by atoms with van der Waals surface area (Å²) in [5.41, 5.74) is 8.01. The zero-order chi connectivity index (χ0) is 33.9. The van der Waals surface area contributed by atoms with Crippen molar-refractivity contribution in [3.8, 4) is 5.75 Å². The number of halogens is 4. The highest BCUT2D eigenvalue weighted by atomic mass is 79.9. The van der Waals surface area contributed by atoms with Crippen molar-refractivity contribution >= 4 is 84.9 Å². The van der Waals surface area contributed by atoms with Crippen LogP contribution in [0.3, 0.4) is 0 Å². The summed E-state index contributed by atoms with van der Waals surface area (Å²) in [5.74, 6) is -0.358. The molecule has 1 atom stereocenters. The molecule has 0 radical (unpaired) electrons. The number of carbonyl (C=O) groups is 2. The van der Waals surface area contributed by atoms with Gasteiger partial charge in [-0.2, -0.15) is 4.31 Å². The van der Waals surface area contributed by atoms with Crippen LogP contribution < -0.4 is 21.1 Å². The van der Waals surface area contributed by atoms with Crippen molar-refractivity contribution in [1.82, 2.24) is 24.3 Å². The minimum Gasteiger partial charge on any atom is -0.485 e. The Balaban J connectivity index is 0.00000520. The van der Waals surface area contributed by atoms with Crippen LogP contribution in [0, 0.1) is 12.3 Å². The number of nitrogens with one attached hydrogen (secondary N) is 3. The minimum atomic E-state index is -4.18.